The minimum absolute atomic E-state index is 0.307. The van der Waals surface area contributed by atoms with Crippen LogP contribution in [-0.2, 0) is 9.53 Å². The van der Waals surface area contributed by atoms with Gasteiger partial charge in [0.15, 0.2) is 0 Å². The number of benzene rings is 2. The van der Waals surface area contributed by atoms with Gasteiger partial charge in [-0.1, -0.05) is 41.9 Å². The van der Waals surface area contributed by atoms with E-state index in [1.807, 2.05) is 54.6 Å². The Morgan fingerprint density at radius 1 is 1.14 bits per heavy atom. The Hall–Kier alpha value is -1.71. The maximum Gasteiger partial charge on any atom is 0.331 e. The summed E-state index contributed by atoms with van der Waals surface area (Å²) in [5.74, 6) is 0.378. The summed E-state index contributed by atoms with van der Waals surface area (Å²) in [6, 6.07) is 17.5. The van der Waals surface area contributed by atoms with Gasteiger partial charge >= 0.3 is 5.97 Å². The number of ether oxygens (including phenoxy) is 1. The predicted molar refractivity (Wildman–Crippen MR) is 93.2 cm³/mol. The van der Waals surface area contributed by atoms with Gasteiger partial charge in [-0.3, -0.25) is 0 Å². The molecule has 2 rings (SSSR count). The normalized spacial score (nSPS) is 11.3. The molecule has 0 atom stereocenters. The van der Waals surface area contributed by atoms with Crippen molar-refractivity contribution in [3.05, 3.63) is 71.3 Å². The van der Waals surface area contributed by atoms with Crippen molar-refractivity contribution in [1.82, 2.24) is 0 Å². The highest BCUT2D eigenvalue weighted by molar-refractivity contribution is 7.99. The Balaban J connectivity index is 2.14. The predicted octanol–water partition coefficient (Wildman–Crippen LogP) is 5.08. The van der Waals surface area contributed by atoms with Gasteiger partial charge in [0.1, 0.15) is 0 Å². The first-order chi connectivity index (χ1) is 10.7. The number of halogens is 1. The molecule has 0 radical (unpaired) electrons. The van der Waals surface area contributed by atoms with E-state index in [0.717, 1.165) is 21.1 Å². The SMILES string of the molecule is CCOC(=O)/C=C(/CSc1ccc(Cl)cc1)c1ccccc1. The van der Waals surface area contributed by atoms with E-state index in [-0.39, 0.29) is 5.97 Å². The number of hydrogen-bond acceptors (Lipinski definition) is 3. The molecule has 0 unspecified atom stereocenters. The first-order valence-electron chi connectivity index (χ1n) is 7.00. The molecular weight excluding hydrogens is 316 g/mol. The zero-order valence-electron chi connectivity index (χ0n) is 12.3. The summed E-state index contributed by atoms with van der Waals surface area (Å²) in [5.41, 5.74) is 1.97. The van der Waals surface area contributed by atoms with Crippen LogP contribution in [0.5, 0.6) is 0 Å². The summed E-state index contributed by atoms with van der Waals surface area (Å²) in [7, 11) is 0. The number of carbonyl (C=O) groups excluding carboxylic acids is 1. The Morgan fingerprint density at radius 3 is 2.45 bits per heavy atom. The molecule has 0 N–H and O–H groups in total. The fraction of sp³-hybridized carbons (Fsp3) is 0.167. The van der Waals surface area contributed by atoms with Crippen molar-refractivity contribution in [3.63, 3.8) is 0 Å². The zero-order chi connectivity index (χ0) is 15.8. The van der Waals surface area contributed by atoms with Crippen molar-refractivity contribution < 1.29 is 9.53 Å². The molecule has 0 spiro atoms. The van der Waals surface area contributed by atoms with E-state index < -0.39 is 0 Å². The third-order valence-corrected chi connectivity index (χ3v) is 4.24. The van der Waals surface area contributed by atoms with Gasteiger partial charge in [-0.05, 0) is 42.3 Å². The minimum Gasteiger partial charge on any atom is -0.463 e. The lowest BCUT2D eigenvalue weighted by atomic mass is 10.1. The lowest BCUT2D eigenvalue weighted by Gasteiger charge is -2.08. The van der Waals surface area contributed by atoms with E-state index in [2.05, 4.69) is 0 Å². The molecule has 0 fully saturated rings. The van der Waals surface area contributed by atoms with Crippen LogP contribution in [0.2, 0.25) is 5.02 Å². The first-order valence-corrected chi connectivity index (χ1v) is 8.36. The highest BCUT2D eigenvalue weighted by atomic mass is 35.5. The highest BCUT2D eigenvalue weighted by Gasteiger charge is 2.07. The zero-order valence-corrected chi connectivity index (χ0v) is 13.9. The van der Waals surface area contributed by atoms with Gasteiger partial charge < -0.3 is 4.74 Å². The minimum atomic E-state index is -0.307. The molecule has 0 saturated heterocycles. The number of esters is 1. The molecule has 114 valence electrons. The molecule has 2 aromatic rings. The molecule has 0 amide bonds. The smallest absolute Gasteiger partial charge is 0.331 e. The fourth-order valence-corrected chi connectivity index (χ4v) is 2.91. The summed E-state index contributed by atoms with van der Waals surface area (Å²) in [6.45, 7) is 2.18. The number of thioether (sulfide) groups is 1. The Kier molecular flexibility index (Phi) is 6.56. The lowest BCUT2D eigenvalue weighted by Crippen LogP contribution is -2.02. The van der Waals surface area contributed by atoms with Crippen molar-refractivity contribution in [3.8, 4) is 0 Å². The van der Waals surface area contributed by atoms with E-state index in [1.165, 1.54) is 0 Å². The third-order valence-electron chi connectivity index (χ3n) is 2.93. The van der Waals surface area contributed by atoms with Crippen LogP contribution in [-0.4, -0.2) is 18.3 Å². The first kappa shape index (κ1) is 16.7. The number of rotatable bonds is 6. The van der Waals surface area contributed by atoms with Crippen LogP contribution in [0, 0.1) is 0 Å². The second kappa shape index (κ2) is 8.66. The molecule has 0 bridgehead atoms. The molecular formula is C18H17ClO2S. The topological polar surface area (TPSA) is 26.3 Å². The van der Waals surface area contributed by atoms with Gasteiger partial charge in [0, 0.05) is 21.7 Å². The van der Waals surface area contributed by atoms with Crippen molar-refractivity contribution in [1.29, 1.82) is 0 Å². The van der Waals surface area contributed by atoms with E-state index in [4.69, 9.17) is 16.3 Å². The lowest BCUT2D eigenvalue weighted by molar-refractivity contribution is -0.137. The fourth-order valence-electron chi connectivity index (χ4n) is 1.88. The van der Waals surface area contributed by atoms with Gasteiger partial charge in [0.05, 0.1) is 6.61 Å². The van der Waals surface area contributed by atoms with Crippen molar-refractivity contribution >= 4 is 34.9 Å². The number of hydrogen-bond donors (Lipinski definition) is 0. The summed E-state index contributed by atoms with van der Waals surface area (Å²) in [5, 5.41) is 0.717. The van der Waals surface area contributed by atoms with Gasteiger partial charge in [-0.2, -0.15) is 0 Å². The standard InChI is InChI=1S/C18H17ClO2S/c1-2-21-18(20)12-15(14-6-4-3-5-7-14)13-22-17-10-8-16(19)9-11-17/h3-12H,2,13H2,1H3/b15-12-. The molecule has 2 aromatic carbocycles. The van der Waals surface area contributed by atoms with Crippen LogP contribution in [0.3, 0.4) is 0 Å². The average molecular weight is 333 g/mol. The van der Waals surface area contributed by atoms with Gasteiger partial charge in [0.25, 0.3) is 0 Å². The van der Waals surface area contributed by atoms with Gasteiger partial charge in [-0.25, -0.2) is 4.79 Å². The largest absolute Gasteiger partial charge is 0.463 e. The van der Waals surface area contributed by atoms with Crippen molar-refractivity contribution in [2.75, 3.05) is 12.4 Å². The second-order valence-electron chi connectivity index (χ2n) is 4.53. The summed E-state index contributed by atoms with van der Waals surface area (Å²) in [4.78, 5) is 12.9. The van der Waals surface area contributed by atoms with Crippen LogP contribution >= 0.6 is 23.4 Å². The van der Waals surface area contributed by atoms with E-state index in [0.29, 0.717) is 12.4 Å². The average Bonchev–Trinajstić information content (AvgIpc) is 2.54. The van der Waals surface area contributed by atoms with Gasteiger partial charge in [0.2, 0.25) is 0 Å². The maximum atomic E-state index is 11.8. The monoisotopic (exact) mass is 332 g/mol. The van der Waals surface area contributed by atoms with Crippen LogP contribution < -0.4 is 0 Å². The Bertz CT molecular complexity index is 636. The Morgan fingerprint density at radius 2 is 1.82 bits per heavy atom. The number of carbonyl (C=O) groups is 1. The summed E-state index contributed by atoms with van der Waals surface area (Å²) in [6.07, 6.45) is 1.57. The molecule has 0 heterocycles. The van der Waals surface area contributed by atoms with Crippen molar-refractivity contribution in [2.45, 2.75) is 11.8 Å². The molecule has 2 nitrogen and oxygen atoms in total. The summed E-state index contributed by atoms with van der Waals surface area (Å²) >= 11 is 7.55. The molecule has 0 saturated carbocycles. The van der Waals surface area contributed by atoms with Crippen LogP contribution in [0.25, 0.3) is 5.57 Å². The highest BCUT2D eigenvalue weighted by Crippen LogP contribution is 2.26. The second-order valence-corrected chi connectivity index (χ2v) is 6.02. The van der Waals surface area contributed by atoms with E-state index in [9.17, 15) is 4.79 Å². The van der Waals surface area contributed by atoms with Crippen LogP contribution in [0.4, 0.5) is 0 Å². The van der Waals surface area contributed by atoms with Crippen LogP contribution in [0.15, 0.2) is 65.6 Å². The quantitative estimate of drug-likeness (QED) is 0.419. The van der Waals surface area contributed by atoms with Crippen molar-refractivity contribution in [2.24, 2.45) is 0 Å². The molecule has 0 aliphatic heterocycles. The molecule has 0 aliphatic carbocycles. The Labute approximate surface area is 140 Å². The molecule has 22 heavy (non-hydrogen) atoms. The van der Waals surface area contributed by atoms with E-state index >= 15 is 0 Å². The molecule has 4 heteroatoms. The maximum absolute atomic E-state index is 11.8. The van der Waals surface area contributed by atoms with E-state index in [1.54, 1.807) is 24.8 Å². The summed E-state index contributed by atoms with van der Waals surface area (Å²) < 4.78 is 5.02. The molecule has 0 aliphatic rings. The third kappa shape index (κ3) is 5.24. The van der Waals surface area contributed by atoms with Crippen LogP contribution in [0.1, 0.15) is 12.5 Å². The molecule has 0 aromatic heterocycles. The van der Waals surface area contributed by atoms with Gasteiger partial charge in [-0.15, -0.1) is 11.8 Å².